The highest BCUT2D eigenvalue weighted by atomic mass is 32.2. The Balaban J connectivity index is 0.000000336. The van der Waals surface area contributed by atoms with Crippen LogP contribution in [0.3, 0.4) is 0 Å². The van der Waals surface area contributed by atoms with Gasteiger partial charge >= 0.3 is 0 Å². The summed E-state index contributed by atoms with van der Waals surface area (Å²) in [6, 6.07) is 8.28. The van der Waals surface area contributed by atoms with E-state index in [-0.39, 0.29) is 5.39 Å². The summed E-state index contributed by atoms with van der Waals surface area (Å²) in [4.78, 5) is -1.66. The van der Waals surface area contributed by atoms with Gasteiger partial charge in [0.05, 0.1) is 0 Å². The molecule has 0 saturated carbocycles. The summed E-state index contributed by atoms with van der Waals surface area (Å²) in [5, 5.41) is 8.92. The second-order valence-electron chi connectivity index (χ2n) is 6.41. The molecule has 158 valence electrons. The van der Waals surface area contributed by atoms with Gasteiger partial charge in [0.15, 0.2) is 0 Å². The largest absolute Gasteiger partial charge is 0.396 e. The molecule has 2 rings (SSSR count). The van der Waals surface area contributed by atoms with Crippen LogP contribution < -0.4 is 0 Å². The fourth-order valence-corrected chi connectivity index (χ4v) is 4.76. The molecule has 28 heavy (non-hydrogen) atoms. The summed E-state index contributed by atoms with van der Waals surface area (Å²) >= 11 is 0. The van der Waals surface area contributed by atoms with Gasteiger partial charge in [-0.15, -0.1) is 0 Å². The number of hydrogen-bond donors (Lipinski definition) is 3. The van der Waals surface area contributed by atoms with Crippen molar-refractivity contribution in [3.63, 3.8) is 0 Å². The summed E-state index contributed by atoms with van der Waals surface area (Å²) in [6.45, 7) is 2.60. The Morgan fingerprint density at radius 3 is 1.86 bits per heavy atom. The Hall–Kier alpha value is -1.52. The van der Waals surface area contributed by atoms with Crippen molar-refractivity contribution >= 4 is 31.0 Å². The summed E-state index contributed by atoms with van der Waals surface area (Å²) in [5.41, 5.74) is 0. The lowest BCUT2D eigenvalue weighted by Crippen LogP contribution is -2.09. The van der Waals surface area contributed by atoms with E-state index in [0.29, 0.717) is 12.0 Å². The Bertz CT molecular complexity index is 943. The summed E-state index contributed by atoms with van der Waals surface area (Å²) in [7, 11) is -9.53. The third-order valence-electron chi connectivity index (χ3n) is 4.14. The van der Waals surface area contributed by atoms with Gasteiger partial charge < -0.3 is 5.11 Å². The van der Waals surface area contributed by atoms with E-state index in [0.717, 1.165) is 12.5 Å². The maximum absolute atomic E-state index is 11.3. The lowest BCUT2D eigenvalue weighted by atomic mass is 10.1. The molecule has 0 bridgehead atoms. The number of hydrogen-bond acceptors (Lipinski definition) is 5. The molecule has 0 unspecified atom stereocenters. The average molecular weight is 433 g/mol. The number of unbranched alkanes of at least 4 members (excludes halogenated alkanes) is 6. The van der Waals surface area contributed by atoms with Gasteiger partial charge in [-0.2, -0.15) is 16.8 Å². The molecule has 7 nitrogen and oxygen atoms in total. The van der Waals surface area contributed by atoms with Crippen molar-refractivity contribution in [2.75, 3.05) is 6.61 Å². The zero-order valence-corrected chi connectivity index (χ0v) is 17.5. The normalized spacial score (nSPS) is 11.9. The van der Waals surface area contributed by atoms with E-state index in [1.165, 1.54) is 56.7 Å². The van der Waals surface area contributed by atoms with E-state index in [1.54, 1.807) is 12.1 Å². The molecule has 0 saturated heterocycles. The molecular formula is C19H28O7S2. The molecule has 3 N–H and O–H groups in total. The Labute approximate surface area is 166 Å². The number of aliphatic hydroxyl groups is 1. The van der Waals surface area contributed by atoms with Crippen LogP contribution in [0.15, 0.2) is 46.2 Å². The first-order valence-electron chi connectivity index (χ1n) is 9.20. The molecule has 2 aromatic rings. The predicted octanol–water partition coefficient (Wildman–Crippen LogP) is 4.06. The average Bonchev–Trinajstić information content (AvgIpc) is 2.62. The Morgan fingerprint density at radius 1 is 0.750 bits per heavy atom. The molecule has 2 aromatic carbocycles. The van der Waals surface area contributed by atoms with Gasteiger partial charge in [-0.3, -0.25) is 9.11 Å². The molecule has 0 heterocycles. The van der Waals surface area contributed by atoms with E-state index < -0.39 is 30.0 Å². The highest BCUT2D eigenvalue weighted by Gasteiger charge is 2.26. The van der Waals surface area contributed by atoms with E-state index >= 15 is 0 Å². The summed E-state index contributed by atoms with van der Waals surface area (Å²) in [6.07, 6.45) is 8.93. The molecule has 0 atom stereocenters. The smallest absolute Gasteiger partial charge is 0.296 e. The van der Waals surface area contributed by atoms with Crippen LogP contribution in [-0.4, -0.2) is 37.7 Å². The van der Waals surface area contributed by atoms with Gasteiger partial charge in [0.25, 0.3) is 20.2 Å². The second-order valence-corrected chi connectivity index (χ2v) is 9.16. The van der Waals surface area contributed by atoms with Gasteiger partial charge in [0.2, 0.25) is 0 Å². The zero-order chi connectivity index (χ0) is 21.2. The molecule has 0 spiro atoms. The maximum Gasteiger partial charge on any atom is 0.296 e. The van der Waals surface area contributed by atoms with Gasteiger partial charge in [-0.05, 0) is 17.9 Å². The molecule has 0 aromatic heterocycles. The molecule has 0 aliphatic heterocycles. The van der Waals surface area contributed by atoms with Crippen molar-refractivity contribution in [1.82, 2.24) is 0 Å². The fraction of sp³-hybridized carbons (Fsp3) is 0.474. The summed E-state index contributed by atoms with van der Waals surface area (Å²) in [5.74, 6) is 0. The highest BCUT2D eigenvalue weighted by Crippen LogP contribution is 2.29. The van der Waals surface area contributed by atoms with E-state index in [2.05, 4.69) is 6.92 Å². The van der Waals surface area contributed by atoms with Crippen LogP contribution in [0.2, 0.25) is 0 Å². The van der Waals surface area contributed by atoms with Crippen LogP contribution in [0.1, 0.15) is 51.9 Å². The minimum atomic E-state index is -4.78. The third kappa shape index (κ3) is 7.84. The Kier molecular flexibility index (Phi) is 10.0. The van der Waals surface area contributed by atoms with E-state index in [1.807, 2.05) is 0 Å². The van der Waals surface area contributed by atoms with Crippen molar-refractivity contribution in [3.8, 4) is 0 Å². The lowest BCUT2D eigenvalue weighted by Gasteiger charge is -2.08. The predicted molar refractivity (Wildman–Crippen MR) is 109 cm³/mol. The molecular weight excluding hydrogens is 404 g/mol. The molecule has 9 heteroatoms. The number of rotatable bonds is 9. The summed E-state index contributed by atoms with van der Waals surface area (Å²) < 4.78 is 63.0. The van der Waals surface area contributed by atoms with E-state index in [4.69, 9.17) is 14.2 Å². The van der Waals surface area contributed by atoms with Crippen LogP contribution in [0.5, 0.6) is 0 Å². The van der Waals surface area contributed by atoms with Crippen molar-refractivity contribution in [2.45, 2.75) is 61.7 Å². The third-order valence-corrected chi connectivity index (χ3v) is 6.12. The van der Waals surface area contributed by atoms with Crippen LogP contribution >= 0.6 is 0 Å². The van der Waals surface area contributed by atoms with Crippen molar-refractivity contribution in [2.24, 2.45) is 0 Å². The monoisotopic (exact) mass is 432 g/mol. The lowest BCUT2D eigenvalue weighted by molar-refractivity contribution is 0.282. The van der Waals surface area contributed by atoms with Crippen molar-refractivity contribution < 1.29 is 31.0 Å². The molecule has 0 aliphatic carbocycles. The number of benzene rings is 2. The molecule has 0 amide bonds. The zero-order valence-electron chi connectivity index (χ0n) is 15.9. The van der Waals surface area contributed by atoms with E-state index in [9.17, 15) is 16.8 Å². The highest BCUT2D eigenvalue weighted by molar-refractivity contribution is 7.89. The van der Waals surface area contributed by atoms with Crippen LogP contribution in [0, 0.1) is 0 Å². The SMILES string of the molecule is CCCCCCCCCO.O=S(=O)(O)c1ccc2ccccc2c1S(=O)(=O)O. The number of fused-ring (bicyclic) bond motifs is 1. The molecule has 0 fully saturated rings. The van der Waals surface area contributed by atoms with Crippen LogP contribution in [-0.2, 0) is 20.2 Å². The fourth-order valence-electron chi connectivity index (χ4n) is 2.76. The molecule has 0 aliphatic rings. The Morgan fingerprint density at radius 2 is 1.32 bits per heavy atom. The molecule has 0 radical (unpaired) electrons. The first-order valence-corrected chi connectivity index (χ1v) is 12.1. The van der Waals surface area contributed by atoms with Crippen molar-refractivity contribution in [1.29, 1.82) is 0 Å². The van der Waals surface area contributed by atoms with Crippen LogP contribution in [0.25, 0.3) is 10.8 Å². The van der Waals surface area contributed by atoms with Gasteiger partial charge in [-0.1, -0.05) is 75.8 Å². The minimum absolute atomic E-state index is 0.0233. The standard InChI is InChI=1S/C10H8O6S2.C9H20O/c11-17(12,13)9-6-5-7-3-1-2-4-8(7)10(9)18(14,15)16;1-2-3-4-5-6-7-8-9-10/h1-6H,(H,11,12,13)(H,14,15,16);10H,2-9H2,1H3. The van der Waals surface area contributed by atoms with Crippen LogP contribution in [0.4, 0.5) is 0 Å². The van der Waals surface area contributed by atoms with Gasteiger partial charge in [0.1, 0.15) is 9.79 Å². The second kappa shape index (κ2) is 11.5. The first-order chi connectivity index (χ1) is 13.1. The maximum atomic E-state index is 11.3. The van der Waals surface area contributed by atoms with Gasteiger partial charge in [-0.25, -0.2) is 0 Å². The first kappa shape index (κ1) is 24.5. The van der Waals surface area contributed by atoms with Gasteiger partial charge in [0, 0.05) is 12.0 Å². The topological polar surface area (TPSA) is 129 Å². The minimum Gasteiger partial charge on any atom is -0.396 e. The quantitative estimate of drug-likeness (QED) is 0.402. The van der Waals surface area contributed by atoms with Crippen molar-refractivity contribution in [3.05, 3.63) is 36.4 Å². The number of aliphatic hydroxyl groups excluding tert-OH is 1.